The maximum absolute atomic E-state index is 12.9. The molecule has 5 heteroatoms. The standard InChI is InChI=1S/C8H7FO3S/c1-2-6-4-3-5-7(9)8(6)13(10,11)12/h2-5H,1H2,(H,10,11,12). The average Bonchev–Trinajstić information content (AvgIpc) is 2.01. The van der Waals surface area contributed by atoms with Gasteiger partial charge in [0.15, 0.2) is 0 Å². The monoisotopic (exact) mass is 202 g/mol. The molecule has 0 radical (unpaired) electrons. The van der Waals surface area contributed by atoms with Crippen LogP contribution in [-0.4, -0.2) is 13.0 Å². The lowest BCUT2D eigenvalue weighted by Crippen LogP contribution is -2.03. The SMILES string of the molecule is C=Cc1cccc(F)c1S(=O)(=O)O. The largest absolute Gasteiger partial charge is 0.298 e. The minimum absolute atomic E-state index is 0.0440. The molecule has 0 heterocycles. The fourth-order valence-corrected chi connectivity index (χ4v) is 1.72. The van der Waals surface area contributed by atoms with Gasteiger partial charge < -0.3 is 0 Å². The predicted octanol–water partition coefficient (Wildman–Crippen LogP) is 1.72. The first-order valence-corrected chi connectivity index (χ1v) is 4.79. The van der Waals surface area contributed by atoms with Gasteiger partial charge in [0.2, 0.25) is 0 Å². The molecule has 0 aromatic heterocycles. The summed E-state index contributed by atoms with van der Waals surface area (Å²) in [7, 11) is -4.52. The highest BCUT2D eigenvalue weighted by atomic mass is 32.2. The van der Waals surface area contributed by atoms with Crippen LogP contribution in [0.1, 0.15) is 5.56 Å². The lowest BCUT2D eigenvalue weighted by Gasteiger charge is -2.02. The van der Waals surface area contributed by atoms with E-state index < -0.39 is 20.8 Å². The van der Waals surface area contributed by atoms with E-state index in [9.17, 15) is 12.8 Å². The molecule has 3 nitrogen and oxygen atoms in total. The van der Waals surface area contributed by atoms with Crippen molar-refractivity contribution in [3.8, 4) is 0 Å². The highest BCUT2D eigenvalue weighted by Gasteiger charge is 2.18. The van der Waals surface area contributed by atoms with E-state index in [1.165, 1.54) is 12.1 Å². The molecule has 1 aromatic rings. The molecule has 0 aliphatic heterocycles. The summed E-state index contributed by atoms with van der Waals surface area (Å²) in [6.45, 7) is 3.30. The first-order valence-electron chi connectivity index (χ1n) is 3.35. The highest BCUT2D eigenvalue weighted by Crippen LogP contribution is 2.19. The maximum Gasteiger partial charge on any atom is 0.298 e. The number of benzene rings is 1. The van der Waals surface area contributed by atoms with Crippen molar-refractivity contribution in [1.82, 2.24) is 0 Å². The van der Waals surface area contributed by atoms with Gasteiger partial charge in [0.25, 0.3) is 10.1 Å². The Balaban J connectivity index is 3.59. The van der Waals surface area contributed by atoms with Crippen LogP contribution in [0.4, 0.5) is 4.39 Å². The first kappa shape index (κ1) is 9.88. The average molecular weight is 202 g/mol. The van der Waals surface area contributed by atoms with Crippen LogP contribution in [0.25, 0.3) is 6.08 Å². The number of hydrogen-bond donors (Lipinski definition) is 1. The summed E-state index contributed by atoms with van der Waals surface area (Å²) in [5.41, 5.74) is 0.0440. The fraction of sp³-hybridized carbons (Fsp3) is 0. The van der Waals surface area contributed by atoms with E-state index in [1.54, 1.807) is 0 Å². The zero-order chi connectivity index (χ0) is 10.1. The highest BCUT2D eigenvalue weighted by molar-refractivity contribution is 7.86. The predicted molar refractivity (Wildman–Crippen MR) is 46.3 cm³/mol. The summed E-state index contributed by atoms with van der Waals surface area (Å²) in [6, 6.07) is 3.64. The van der Waals surface area contributed by atoms with Gasteiger partial charge in [-0.2, -0.15) is 8.42 Å². The molecule has 0 unspecified atom stereocenters. The van der Waals surface area contributed by atoms with Crippen LogP contribution in [0.2, 0.25) is 0 Å². The second-order valence-electron chi connectivity index (χ2n) is 2.34. The van der Waals surface area contributed by atoms with Gasteiger partial charge in [0.05, 0.1) is 0 Å². The molecule has 13 heavy (non-hydrogen) atoms. The van der Waals surface area contributed by atoms with Gasteiger partial charge in [0, 0.05) is 0 Å². The Labute approximate surface area is 75.3 Å². The van der Waals surface area contributed by atoms with Crippen molar-refractivity contribution in [2.45, 2.75) is 4.90 Å². The molecule has 1 rings (SSSR count). The quantitative estimate of drug-likeness (QED) is 0.743. The fourth-order valence-electron chi connectivity index (χ4n) is 0.958. The summed E-state index contributed by atoms with van der Waals surface area (Å²) < 4.78 is 43.0. The zero-order valence-electron chi connectivity index (χ0n) is 6.57. The van der Waals surface area contributed by atoms with Gasteiger partial charge in [-0.05, 0) is 11.6 Å². The van der Waals surface area contributed by atoms with Gasteiger partial charge in [-0.25, -0.2) is 4.39 Å². The van der Waals surface area contributed by atoms with Crippen LogP contribution >= 0.6 is 0 Å². The van der Waals surface area contributed by atoms with Gasteiger partial charge in [-0.15, -0.1) is 0 Å². The maximum atomic E-state index is 12.9. The summed E-state index contributed by atoms with van der Waals surface area (Å²) in [4.78, 5) is -0.731. The third-order valence-corrected chi connectivity index (χ3v) is 2.42. The van der Waals surface area contributed by atoms with E-state index in [1.807, 2.05) is 0 Å². The summed E-state index contributed by atoms with van der Waals surface area (Å²) in [5, 5.41) is 0. The Kier molecular flexibility index (Phi) is 2.49. The minimum Gasteiger partial charge on any atom is -0.282 e. The molecular weight excluding hydrogens is 195 g/mol. The Morgan fingerprint density at radius 3 is 2.46 bits per heavy atom. The molecule has 0 bridgehead atoms. The van der Waals surface area contributed by atoms with Crippen LogP contribution in [0, 0.1) is 5.82 Å². The summed E-state index contributed by atoms with van der Waals surface area (Å²) in [6.07, 6.45) is 1.16. The third-order valence-electron chi connectivity index (χ3n) is 1.48. The lowest BCUT2D eigenvalue weighted by molar-refractivity contribution is 0.473. The normalized spacial score (nSPS) is 11.2. The molecule has 0 fully saturated rings. The number of halogens is 1. The molecule has 1 N–H and O–H groups in total. The molecule has 0 spiro atoms. The van der Waals surface area contributed by atoms with Gasteiger partial charge >= 0.3 is 0 Å². The molecule has 0 aliphatic carbocycles. The van der Waals surface area contributed by atoms with Crippen LogP contribution in [-0.2, 0) is 10.1 Å². The van der Waals surface area contributed by atoms with Crippen LogP contribution in [0.5, 0.6) is 0 Å². The van der Waals surface area contributed by atoms with Gasteiger partial charge in [-0.3, -0.25) is 4.55 Å². The van der Waals surface area contributed by atoms with E-state index >= 15 is 0 Å². The Hall–Kier alpha value is -1.20. The molecule has 0 amide bonds. The molecule has 0 aliphatic rings. The van der Waals surface area contributed by atoms with Crippen LogP contribution in [0.15, 0.2) is 29.7 Å². The van der Waals surface area contributed by atoms with Crippen LogP contribution in [0.3, 0.4) is 0 Å². The topological polar surface area (TPSA) is 54.4 Å². The molecule has 70 valence electrons. The van der Waals surface area contributed by atoms with E-state index in [0.29, 0.717) is 0 Å². The summed E-state index contributed by atoms with van der Waals surface area (Å²) >= 11 is 0. The smallest absolute Gasteiger partial charge is 0.282 e. The van der Waals surface area contributed by atoms with Crippen molar-refractivity contribution in [1.29, 1.82) is 0 Å². The van der Waals surface area contributed by atoms with E-state index in [2.05, 4.69) is 6.58 Å². The van der Waals surface area contributed by atoms with Crippen LogP contribution < -0.4 is 0 Å². The van der Waals surface area contributed by atoms with Crippen molar-refractivity contribution < 1.29 is 17.4 Å². The van der Waals surface area contributed by atoms with Crippen molar-refractivity contribution in [2.24, 2.45) is 0 Å². The number of rotatable bonds is 2. The lowest BCUT2D eigenvalue weighted by atomic mass is 10.2. The number of hydrogen-bond acceptors (Lipinski definition) is 2. The third kappa shape index (κ3) is 1.93. The van der Waals surface area contributed by atoms with E-state index in [0.717, 1.165) is 12.1 Å². The molecule has 1 aromatic carbocycles. The molecular formula is C8H7FO3S. The molecule has 0 saturated carbocycles. The zero-order valence-corrected chi connectivity index (χ0v) is 7.38. The van der Waals surface area contributed by atoms with Crippen molar-refractivity contribution in [2.75, 3.05) is 0 Å². The summed E-state index contributed by atoms with van der Waals surface area (Å²) in [5.74, 6) is -0.986. The van der Waals surface area contributed by atoms with Crippen molar-refractivity contribution >= 4 is 16.2 Å². The Morgan fingerprint density at radius 2 is 2.08 bits per heavy atom. The Bertz CT molecular complexity index is 437. The van der Waals surface area contributed by atoms with Gasteiger partial charge in [-0.1, -0.05) is 24.8 Å². The molecule has 0 saturated heterocycles. The first-order chi connectivity index (χ1) is 5.96. The van der Waals surface area contributed by atoms with Crippen molar-refractivity contribution in [3.05, 3.63) is 36.2 Å². The van der Waals surface area contributed by atoms with Gasteiger partial charge in [0.1, 0.15) is 10.7 Å². The van der Waals surface area contributed by atoms with E-state index in [4.69, 9.17) is 4.55 Å². The molecule has 0 atom stereocenters. The van der Waals surface area contributed by atoms with Crippen molar-refractivity contribution in [3.63, 3.8) is 0 Å². The second-order valence-corrected chi connectivity index (χ2v) is 3.70. The minimum atomic E-state index is -4.52. The Morgan fingerprint density at radius 1 is 1.46 bits per heavy atom. The van der Waals surface area contributed by atoms with E-state index in [-0.39, 0.29) is 5.56 Å². The second kappa shape index (κ2) is 3.27.